The van der Waals surface area contributed by atoms with Gasteiger partial charge in [0.1, 0.15) is 0 Å². The zero-order chi connectivity index (χ0) is 18.1. The molecule has 0 radical (unpaired) electrons. The summed E-state index contributed by atoms with van der Waals surface area (Å²) in [4.78, 5) is 16.7. The molecule has 0 saturated carbocycles. The number of carbonyl (C=O) groups excluding carboxylic acids is 1. The van der Waals surface area contributed by atoms with Gasteiger partial charge < -0.3 is 9.88 Å². The molecule has 0 spiro atoms. The van der Waals surface area contributed by atoms with Crippen LogP contribution in [0.3, 0.4) is 0 Å². The molecule has 0 aliphatic rings. The largest absolute Gasteiger partial charge is 0.341 e. The van der Waals surface area contributed by atoms with Crippen molar-refractivity contribution in [1.29, 1.82) is 0 Å². The van der Waals surface area contributed by atoms with Gasteiger partial charge in [0.2, 0.25) is 5.91 Å². The number of thiazole rings is 1. The van der Waals surface area contributed by atoms with Gasteiger partial charge in [-0.25, -0.2) is 4.98 Å². The fourth-order valence-corrected chi connectivity index (χ4v) is 4.84. The number of amides is 1. The number of rotatable bonds is 5. The Bertz CT molecular complexity index is 1100. The predicted molar refractivity (Wildman–Crippen MR) is 111 cm³/mol. The molecule has 6 heteroatoms. The summed E-state index contributed by atoms with van der Waals surface area (Å²) in [6, 6.07) is 14.5. The molecule has 1 amide bonds. The first kappa shape index (κ1) is 17.1. The maximum Gasteiger partial charge on any atom is 0.234 e. The summed E-state index contributed by atoms with van der Waals surface area (Å²) in [5, 5.41) is 7.39. The number of carbonyl (C=O) groups is 1. The van der Waals surface area contributed by atoms with Crippen LogP contribution in [0.5, 0.6) is 0 Å². The first-order chi connectivity index (χ1) is 12.7. The first-order valence-corrected chi connectivity index (χ1v) is 10.4. The summed E-state index contributed by atoms with van der Waals surface area (Å²) < 4.78 is 3.23. The summed E-state index contributed by atoms with van der Waals surface area (Å²) in [5.41, 5.74) is 4.25. The third kappa shape index (κ3) is 3.22. The van der Waals surface area contributed by atoms with Crippen molar-refractivity contribution in [2.45, 2.75) is 24.7 Å². The summed E-state index contributed by atoms with van der Waals surface area (Å²) in [6.07, 6.45) is 0. The molecule has 0 saturated heterocycles. The molecule has 0 atom stereocenters. The molecule has 0 unspecified atom stereocenters. The van der Waals surface area contributed by atoms with E-state index in [1.807, 2.05) is 18.4 Å². The average Bonchev–Trinajstić information content (AvgIpc) is 3.20. The van der Waals surface area contributed by atoms with Crippen LogP contribution in [0.25, 0.3) is 21.8 Å². The van der Waals surface area contributed by atoms with Crippen LogP contribution in [-0.2, 0) is 11.3 Å². The number of para-hydroxylation sites is 1. The number of nitrogens with zero attached hydrogens (tertiary/aromatic N) is 2. The van der Waals surface area contributed by atoms with Crippen LogP contribution in [0, 0.1) is 6.92 Å². The van der Waals surface area contributed by atoms with Crippen molar-refractivity contribution < 1.29 is 4.79 Å². The Morgan fingerprint density at radius 3 is 2.77 bits per heavy atom. The molecule has 1 N–H and O–H groups in total. The Kier molecular flexibility index (Phi) is 4.70. The third-order valence-electron chi connectivity index (χ3n) is 4.30. The zero-order valence-corrected chi connectivity index (χ0v) is 16.3. The van der Waals surface area contributed by atoms with Crippen molar-refractivity contribution in [3.8, 4) is 0 Å². The molecule has 2 aromatic heterocycles. The minimum Gasteiger partial charge on any atom is -0.341 e. The number of benzene rings is 2. The standard InChI is InChI=1S/C20H19N3OS2/c1-3-23-17-7-5-4-6-15(17)16-10-14(8-9-18(16)23)22-19(24)12-26-20-21-13(2)11-25-20/h4-11H,3,12H2,1-2H3,(H,22,24). The second-order valence-corrected chi connectivity index (χ2v) is 8.17. The van der Waals surface area contributed by atoms with Crippen LogP contribution in [-0.4, -0.2) is 21.2 Å². The number of nitrogens with one attached hydrogen (secondary N) is 1. The second-order valence-electron chi connectivity index (χ2n) is 6.08. The molecule has 0 aliphatic heterocycles. The van der Waals surface area contributed by atoms with E-state index in [-0.39, 0.29) is 5.91 Å². The van der Waals surface area contributed by atoms with Gasteiger partial charge in [0.25, 0.3) is 0 Å². The van der Waals surface area contributed by atoms with Crippen LogP contribution in [0.2, 0.25) is 0 Å². The average molecular weight is 382 g/mol. The lowest BCUT2D eigenvalue weighted by atomic mass is 10.1. The normalized spacial score (nSPS) is 11.3. The molecule has 4 aromatic rings. The van der Waals surface area contributed by atoms with Gasteiger partial charge in [-0.05, 0) is 38.1 Å². The van der Waals surface area contributed by atoms with E-state index in [0.717, 1.165) is 22.3 Å². The van der Waals surface area contributed by atoms with E-state index in [0.29, 0.717) is 5.75 Å². The highest BCUT2D eigenvalue weighted by atomic mass is 32.2. The smallest absolute Gasteiger partial charge is 0.234 e. The topological polar surface area (TPSA) is 46.9 Å². The van der Waals surface area contributed by atoms with E-state index in [2.05, 4.69) is 58.2 Å². The molecular weight excluding hydrogens is 362 g/mol. The number of anilines is 1. The minimum absolute atomic E-state index is 0.0126. The van der Waals surface area contributed by atoms with Crippen LogP contribution < -0.4 is 5.32 Å². The molecular formula is C20H19N3OS2. The van der Waals surface area contributed by atoms with Gasteiger partial charge in [0, 0.05) is 45.1 Å². The molecule has 4 nitrogen and oxygen atoms in total. The molecule has 2 aromatic carbocycles. The lowest BCUT2D eigenvalue weighted by Gasteiger charge is -2.06. The Morgan fingerprint density at radius 2 is 2.00 bits per heavy atom. The van der Waals surface area contributed by atoms with Gasteiger partial charge in [-0.15, -0.1) is 11.3 Å². The minimum atomic E-state index is -0.0126. The highest BCUT2D eigenvalue weighted by Gasteiger charge is 2.11. The number of hydrogen-bond acceptors (Lipinski definition) is 4. The fourth-order valence-electron chi connectivity index (χ4n) is 3.20. The van der Waals surface area contributed by atoms with E-state index in [1.54, 1.807) is 11.3 Å². The SMILES string of the molecule is CCn1c2ccccc2c2cc(NC(=O)CSc3nc(C)cs3)ccc21. The Hall–Kier alpha value is -2.31. The van der Waals surface area contributed by atoms with Crippen molar-refractivity contribution >= 4 is 56.5 Å². The summed E-state index contributed by atoms with van der Waals surface area (Å²) in [7, 11) is 0. The van der Waals surface area contributed by atoms with Gasteiger partial charge in [0.05, 0.1) is 5.75 Å². The monoisotopic (exact) mass is 381 g/mol. The number of aryl methyl sites for hydroxylation is 2. The van der Waals surface area contributed by atoms with E-state index in [1.165, 1.54) is 33.6 Å². The molecule has 0 fully saturated rings. The van der Waals surface area contributed by atoms with Crippen molar-refractivity contribution in [3.63, 3.8) is 0 Å². The molecule has 4 rings (SSSR count). The van der Waals surface area contributed by atoms with Crippen molar-refractivity contribution in [1.82, 2.24) is 9.55 Å². The lowest BCUT2D eigenvalue weighted by molar-refractivity contribution is -0.113. The van der Waals surface area contributed by atoms with Gasteiger partial charge in [-0.2, -0.15) is 0 Å². The summed E-state index contributed by atoms with van der Waals surface area (Å²) >= 11 is 3.05. The molecule has 132 valence electrons. The Balaban J connectivity index is 1.57. The van der Waals surface area contributed by atoms with E-state index < -0.39 is 0 Å². The van der Waals surface area contributed by atoms with Crippen LogP contribution in [0.4, 0.5) is 5.69 Å². The van der Waals surface area contributed by atoms with Gasteiger partial charge in [0.15, 0.2) is 4.34 Å². The number of aromatic nitrogens is 2. The lowest BCUT2D eigenvalue weighted by Crippen LogP contribution is -2.13. The number of hydrogen-bond donors (Lipinski definition) is 1. The summed E-state index contributed by atoms with van der Waals surface area (Å²) in [5.74, 6) is 0.350. The number of thioether (sulfide) groups is 1. The van der Waals surface area contributed by atoms with E-state index in [4.69, 9.17) is 0 Å². The Morgan fingerprint density at radius 1 is 1.19 bits per heavy atom. The second kappa shape index (κ2) is 7.13. The van der Waals surface area contributed by atoms with E-state index in [9.17, 15) is 4.79 Å². The van der Waals surface area contributed by atoms with Crippen LogP contribution in [0.1, 0.15) is 12.6 Å². The maximum atomic E-state index is 12.3. The molecule has 0 bridgehead atoms. The van der Waals surface area contributed by atoms with Gasteiger partial charge >= 0.3 is 0 Å². The zero-order valence-electron chi connectivity index (χ0n) is 14.7. The van der Waals surface area contributed by atoms with Crippen LogP contribution >= 0.6 is 23.1 Å². The van der Waals surface area contributed by atoms with Gasteiger partial charge in [-0.3, -0.25) is 4.79 Å². The van der Waals surface area contributed by atoms with E-state index >= 15 is 0 Å². The molecule has 2 heterocycles. The highest BCUT2D eigenvalue weighted by molar-refractivity contribution is 8.01. The summed E-state index contributed by atoms with van der Waals surface area (Å²) in [6.45, 7) is 5.03. The number of fused-ring (bicyclic) bond motifs is 3. The third-order valence-corrected chi connectivity index (χ3v) is 6.44. The van der Waals surface area contributed by atoms with Crippen LogP contribution in [0.15, 0.2) is 52.2 Å². The molecule has 0 aliphatic carbocycles. The van der Waals surface area contributed by atoms with Crippen molar-refractivity contribution in [3.05, 3.63) is 53.5 Å². The quantitative estimate of drug-likeness (QED) is 0.477. The highest BCUT2D eigenvalue weighted by Crippen LogP contribution is 2.31. The maximum absolute atomic E-state index is 12.3. The predicted octanol–water partition coefficient (Wildman–Crippen LogP) is 5.31. The fraction of sp³-hybridized carbons (Fsp3) is 0.200. The Labute approximate surface area is 160 Å². The van der Waals surface area contributed by atoms with Gasteiger partial charge in [-0.1, -0.05) is 30.0 Å². The van der Waals surface area contributed by atoms with Crippen molar-refractivity contribution in [2.24, 2.45) is 0 Å². The van der Waals surface area contributed by atoms with Crippen molar-refractivity contribution in [2.75, 3.05) is 11.1 Å². The first-order valence-electron chi connectivity index (χ1n) is 8.51. The molecule has 26 heavy (non-hydrogen) atoms.